The number of piperazine rings is 1. The Morgan fingerprint density at radius 1 is 1.27 bits per heavy atom. The summed E-state index contributed by atoms with van der Waals surface area (Å²) in [7, 11) is 0. The lowest BCUT2D eigenvalue weighted by molar-refractivity contribution is -0.384. The summed E-state index contributed by atoms with van der Waals surface area (Å²) in [5, 5.41) is 25.1. The van der Waals surface area contributed by atoms with E-state index in [2.05, 4.69) is 5.32 Å². The molecule has 158 valence electrons. The van der Waals surface area contributed by atoms with E-state index in [-0.39, 0.29) is 18.1 Å². The van der Waals surface area contributed by atoms with Gasteiger partial charge in [0.05, 0.1) is 22.6 Å². The second-order valence-electron chi connectivity index (χ2n) is 6.54. The van der Waals surface area contributed by atoms with E-state index < -0.39 is 22.4 Å². The van der Waals surface area contributed by atoms with Crippen LogP contribution in [0, 0.1) is 21.4 Å². The smallest absolute Gasteiger partial charge is 0.363 e. The van der Waals surface area contributed by atoms with Gasteiger partial charge >= 0.3 is 6.18 Å². The molecular weight excluding hydrogens is 423 g/mol. The summed E-state index contributed by atoms with van der Waals surface area (Å²) in [5.74, 6) is -0.289. The molecule has 0 saturated carbocycles. The Balaban J connectivity index is 1.62. The average Bonchev–Trinajstić information content (AvgIpc) is 3.14. The van der Waals surface area contributed by atoms with Gasteiger partial charge in [0, 0.05) is 32.2 Å². The van der Waals surface area contributed by atoms with Crippen LogP contribution in [0.15, 0.2) is 29.6 Å². The number of halogens is 3. The Kier molecular flexibility index (Phi) is 6.23. The minimum Gasteiger partial charge on any atom is -0.363 e. The molecule has 1 saturated heterocycles. The van der Waals surface area contributed by atoms with Gasteiger partial charge in [0.25, 0.3) is 5.69 Å². The highest BCUT2D eigenvalue weighted by molar-refractivity contribution is 7.14. The Hall–Kier alpha value is -3.17. The van der Waals surface area contributed by atoms with Crippen LogP contribution in [0.3, 0.4) is 0 Å². The fourth-order valence-corrected chi connectivity index (χ4v) is 3.88. The minimum atomic E-state index is -4.66. The maximum absolute atomic E-state index is 12.9. The molecule has 1 N–H and O–H groups in total. The first-order chi connectivity index (χ1) is 14.2. The molecule has 0 radical (unpaired) electrons. The number of carbonyl (C=O) groups is 1. The first-order valence-corrected chi connectivity index (χ1v) is 9.67. The van der Waals surface area contributed by atoms with E-state index in [1.54, 1.807) is 16.3 Å². The number of nitrogens with zero attached hydrogens (tertiary/aromatic N) is 4. The van der Waals surface area contributed by atoms with E-state index in [4.69, 9.17) is 5.26 Å². The SMILES string of the molecule is N#Cc1ccsc1NC(=O)CN1CCN(c2ccc(C(F)(F)F)cc2[N+](=O)[O-])CC1. The Morgan fingerprint density at radius 2 is 1.97 bits per heavy atom. The van der Waals surface area contributed by atoms with Gasteiger partial charge < -0.3 is 10.2 Å². The third-order valence-electron chi connectivity index (χ3n) is 4.62. The second-order valence-corrected chi connectivity index (χ2v) is 7.46. The number of nitro groups is 1. The van der Waals surface area contributed by atoms with Crippen LogP contribution in [0.5, 0.6) is 0 Å². The molecular formula is C18H16F3N5O3S. The Morgan fingerprint density at radius 3 is 2.57 bits per heavy atom. The highest BCUT2D eigenvalue weighted by Gasteiger charge is 2.34. The van der Waals surface area contributed by atoms with Crippen LogP contribution < -0.4 is 10.2 Å². The zero-order chi connectivity index (χ0) is 21.9. The number of rotatable bonds is 5. The van der Waals surface area contributed by atoms with Crippen molar-refractivity contribution in [1.82, 2.24) is 4.90 Å². The summed E-state index contributed by atoms with van der Waals surface area (Å²) in [5.41, 5.74) is -1.17. The molecule has 0 aliphatic carbocycles. The third kappa shape index (κ3) is 4.87. The fourth-order valence-electron chi connectivity index (χ4n) is 3.12. The van der Waals surface area contributed by atoms with E-state index in [9.17, 15) is 28.1 Å². The summed E-state index contributed by atoms with van der Waals surface area (Å²) in [6.45, 7) is 1.53. The fraction of sp³-hybridized carbons (Fsp3) is 0.333. The number of anilines is 2. The summed E-state index contributed by atoms with van der Waals surface area (Å²) < 4.78 is 38.6. The van der Waals surface area contributed by atoms with E-state index in [0.717, 1.165) is 12.1 Å². The van der Waals surface area contributed by atoms with Crippen molar-refractivity contribution in [2.45, 2.75) is 6.18 Å². The van der Waals surface area contributed by atoms with Gasteiger partial charge in [-0.05, 0) is 23.6 Å². The van der Waals surface area contributed by atoms with Crippen LogP contribution in [0.25, 0.3) is 0 Å². The lowest BCUT2D eigenvalue weighted by Crippen LogP contribution is -2.48. The molecule has 1 fully saturated rings. The van der Waals surface area contributed by atoms with Gasteiger partial charge in [0.15, 0.2) is 0 Å². The number of alkyl halides is 3. The topological polar surface area (TPSA) is 103 Å². The molecule has 1 aromatic heterocycles. The van der Waals surface area contributed by atoms with Gasteiger partial charge in [-0.25, -0.2) is 0 Å². The summed E-state index contributed by atoms with van der Waals surface area (Å²) in [6, 6.07) is 6.08. The monoisotopic (exact) mass is 439 g/mol. The number of thiophene rings is 1. The molecule has 1 aliphatic rings. The normalized spacial score (nSPS) is 14.9. The third-order valence-corrected chi connectivity index (χ3v) is 5.45. The van der Waals surface area contributed by atoms with Gasteiger partial charge in [-0.3, -0.25) is 19.8 Å². The van der Waals surface area contributed by atoms with Crippen LogP contribution in [-0.4, -0.2) is 48.5 Å². The molecule has 0 unspecified atom stereocenters. The molecule has 1 aromatic carbocycles. The molecule has 1 aliphatic heterocycles. The van der Waals surface area contributed by atoms with Crippen LogP contribution in [0.2, 0.25) is 0 Å². The lowest BCUT2D eigenvalue weighted by Gasteiger charge is -2.35. The van der Waals surface area contributed by atoms with Gasteiger partial charge in [-0.15, -0.1) is 11.3 Å². The second kappa shape index (κ2) is 8.68. The Bertz CT molecular complexity index is 994. The van der Waals surface area contributed by atoms with Gasteiger partial charge in [0.2, 0.25) is 5.91 Å². The van der Waals surface area contributed by atoms with Crippen LogP contribution in [0.4, 0.5) is 29.5 Å². The summed E-state index contributed by atoms with van der Waals surface area (Å²) in [4.78, 5) is 26.1. The van der Waals surface area contributed by atoms with Gasteiger partial charge in [-0.1, -0.05) is 0 Å². The molecule has 0 bridgehead atoms. The number of nitrogens with one attached hydrogen (secondary N) is 1. The molecule has 2 heterocycles. The number of amides is 1. The van der Waals surface area contributed by atoms with Crippen LogP contribution in [-0.2, 0) is 11.0 Å². The van der Waals surface area contributed by atoms with Gasteiger partial charge in [-0.2, -0.15) is 18.4 Å². The first-order valence-electron chi connectivity index (χ1n) is 8.79. The lowest BCUT2D eigenvalue weighted by atomic mass is 10.1. The maximum atomic E-state index is 12.9. The number of benzene rings is 1. The molecule has 0 spiro atoms. The Labute approximate surface area is 173 Å². The average molecular weight is 439 g/mol. The quantitative estimate of drug-likeness (QED) is 0.567. The molecule has 2 aromatic rings. The van der Waals surface area contributed by atoms with E-state index in [1.807, 2.05) is 11.0 Å². The molecule has 0 atom stereocenters. The van der Waals surface area contributed by atoms with Crippen LogP contribution in [0.1, 0.15) is 11.1 Å². The predicted octanol–water partition coefficient (Wildman–Crippen LogP) is 3.31. The van der Waals surface area contributed by atoms with Crippen molar-refractivity contribution in [2.75, 3.05) is 42.9 Å². The van der Waals surface area contributed by atoms with Crippen molar-refractivity contribution in [1.29, 1.82) is 5.26 Å². The van der Waals surface area contributed by atoms with Crippen molar-refractivity contribution >= 4 is 33.6 Å². The van der Waals surface area contributed by atoms with Crippen molar-refractivity contribution < 1.29 is 22.9 Å². The summed E-state index contributed by atoms with van der Waals surface area (Å²) >= 11 is 1.24. The maximum Gasteiger partial charge on any atom is 0.416 e. The van der Waals surface area contributed by atoms with Gasteiger partial charge in [0.1, 0.15) is 16.8 Å². The molecule has 30 heavy (non-hydrogen) atoms. The van der Waals surface area contributed by atoms with Crippen molar-refractivity contribution in [3.05, 3.63) is 50.9 Å². The largest absolute Gasteiger partial charge is 0.416 e. The zero-order valence-corrected chi connectivity index (χ0v) is 16.3. The number of hydrogen-bond donors (Lipinski definition) is 1. The van der Waals surface area contributed by atoms with E-state index in [1.165, 1.54) is 11.3 Å². The number of nitriles is 1. The van der Waals surface area contributed by atoms with E-state index >= 15 is 0 Å². The zero-order valence-electron chi connectivity index (χ0n) is 15.5. The highest BCUT2D eigenvalue weighted by atomic mass is 32.1. The number of carbonyl (C=O) groups excluding carboxylic acids is 1. The first kappa shape index (κ1) is 21.5. The molecule has 1 amide bonds. The minimum absolute atomic E-state index is 0.0751. The molecule has 3 rings (SSSR count). The highest BCUT2D eigenvalue weighted by Crippen LogP contribution is 2.36. The number of nitro benzene ring substituents is 1. The van der Waals surface area contributed by atoms with Crippen molar-refractivity contribution in [3.63, 3.8) is 0 Å². The predicted molar refractivity (Wildman–Crippen MR) is 104 cm³/mol. The van der Waals surface area contributed by atoms with Crippen LogP contribution >= 0.6 is 11.3 Å². The number of hydrogen-bond acceptors (Lipinski definition) is 7. The molecule has 12 heteroatoms. The standard InChI is InChI=1S/C18H16F3N5O3S/c19-18(20,21)13-1-2-14(15(9-13)26(28)29)25-6-4-24(5-7-25)11-16(27)23-17-12(10-22)3-8-30-17/h1-3,8-9H,4-7,11H2,(H,23,27). The van der Waals surface area contributed by atoms with E-state index in [0.29, 0.717) is 42.8 Å². The van der Waals surface area contributed by atoms with Crippen molar-refractivity contribution in [2.24, 2.45) is 0 Å². The molecule has 8 nitrogen and oxygen atoms in total. The van der Waals surface area contributed by atoms with Crippen molar-refractivity contribution in [3.8, 4) is 6.07 Å². The summed E-state index contributed by atoms with van der Waals surface area (Å²) in [6.07, 6.45) is -4.66.